The Hall–Kier alpha value is -1.89. The normalized spacial score (nSPS) is 12.2. The van der Waals surface area contributed by atoms with Crippen molar-refractivity contribution < 1.29 is 23.4 Å². The highest BCUT2D eigenvalue weighted by atomic mass is 35.5. The molecule has 0 saturated heterocycles. The van der Waals surface area contributed by atoms with Gasteiger partial charge in [0.2, 0.25) is 5.76 Å². The van der Waals surface area contributed by atoms with Crippen LogP contribution in [0.3, 0.4) is 0 Å². The molecule has 0 aliphatic heterocycles. The maximum absolute atomic E-state index is 13.5. The Labute approximate surface area is 138 Å². The van der Waals surface area contributed by atoms with Gasteiger partial charge in [-0.15, -0.1) is 0 Å². The Kier molecular flexibility index (Phi) is 6.15. The number of ether oxygens (including phenoxy) is 1. The first-order chi connectivity index (χ1) is 11.0. The monoisotopic (exact) mass is 341 g/mol. The van der Waals surface area contributed by atoms with Crippen LogP contribution in [0, 0.1) is 5.82 Å². The average molecular weight is 342 g/mol. The van der Waals surface area contributed by atoms with Gasteiger partial charge in [0, 0.05) is 0 Å². The second kappa shape index (κ2) is 8.10. The molecule has 124 valence electrons. The summed E-state index contributed by atoms with van der Waals surface area (Å²) in [6, 6.07) is 7.00. The fraction of sp³-hybridized carbons (Fsp3) is 0.312. The molecule has 0 aliphatic carbocycles. The van der Waals surface area contributed by atoms with Crippen molar-refractivity contribution in [3.05, 3.63) is 58.3 Å². The van der Waals surface area contributed by atoms with Gasteiger partial charge in [-0.3, -0.25) is 0 Å². The predicted octanol–water partition coefficient (Wildman–Crippen LogP) is 3.07. The fourth-order valence-corrected chi connectivity index (χ4v) is 2.14. The Balaban J connectivity index is 2.00. The molecule has 5 nitrogen and oxygen atoms in total. The molecule has 1 heterocycles. The lowest BCUT2D eigenvalue weighted by Crippen LogP contribution is -2.24. The molecule has 1 unspecified atom stereocenters. The number of rotatable bonds is 7. The number of benzene rings is 1. The summed E-state index contributed by atoms with van der Waals surface area (Å²) in [5, 5.41) is 12.5. The summed E-state index contributed by atoms with van der Waals surface area (Å²) >= 11 is 5.64. The summed E-state index contributed by atoms with van der Waals surface area (Å²) in [4.78, 5) is 11.5. The number of carbonyl (C=O) groups is 1. The summed E-state index contributed by atoms with van der Waals surface area (Å²) in [5.74, 6) is -0.466. The first kappa shape index (κ1) is 17.5. The van der Waals surface area contributed by atoms with Crippen LogP contribution in [-0.2, 0) is 11.3 Å². The molecular weight excluding hydrogens is 325 g/mol. The van der Waals surface area contributed by atoms with Crippen LogP contribution in [0.2, 0.25) is 5.02 Å². The number of aliphatic hydroxyl groups excluding tert-OH is 1. The molecule has 0 spiro atoms. The molecule has 1 aromatic carbocycles. The van der Waals surface area contributed by atoms with E-state index in [-0.39, 0.29) is 30.5 Å². The van der Waals surface area contributed by atoms with Crippen LogP contribution in [-0.4, -0.2) is 24.3 Å². The third-order valence-corrected chi connectivity index (χ3v) is 3.50. The van der Waals surface area contributed by atoms with E-state index in [1.807, 2.05) is 0 Å². The zero-order valence-electron chi connectivity index (χ0n) is 12.5. The third-order valence-electron chi connectivity index (χ3n) is 3.19. The minimum absolute atomic E-state index is 0.0237. The van der Waals surface area contributed by atoms with Gasteiger partial charge in [-0.1, -0.05) is 17.7 Å². The van der Waals surface area contributed by atoms with Gasteiger partial charge in [-0.25, -0.2) is 9.18 Å². The van der Waals surface area contributed by atoms with Crippen molar-refractivity contribution in [3.63, 3.8) is 0 Å². The molecule has 23 heavy (non-hydrogen) atoms. The quantitative estimate of drug-likeness (QED) is 0.757. The zero-order valence-corrected chi connectivity index (χ0v) is 13.3. The predicted molar refractivity (Wildman–Crippen MR) is 82.7 cm³/mol. The van der Waals surface area contributed by atoms with Crippen LogP contribution >= 0.6 is 11.6 Å². The summed E-state index contributed by atoms with van der Waals surface area (Å²) in [7, 11) is 0. The summed E-state index contributed by atoms with van der Waals surface area (Å²) < 4.78 is 23.7. The van der Waals surface area contributed by atoms with Gasteiger partial charge in [-0.2, -0.15) is 0 Å². The molecule has 0 radical (unpaired) electrons. The largest absolute Gasteiger partial charge is 0.460 e. The molecule has 0 amide bonds. The number of nitrogens with one attached hydrogen (secondary N) is 1. The van der Waals surface area contributed by atoms with E-state index in [2.05, 4.69) is 5.32 Å². The number of furan rings is 1. The van der Waals surface area contributed by atoms with E-state index in [9.17, 15) is 14.3 Å². The highest BCUT2D eigenvalue weighted by molar-refractivity contribution is 6.30. The van der Waals surface area contributed by atoms with Crippen molar-refractivity contribution in [2.24, 2.45) is 0 Å². The zero-order chi connectivity index (χ0) is 16.8. The van der Waals surface area contributed by atoms with Crippen LogP contribution in [0.1, 0.15) is 34.8 Å². The Morgan fingerprint density at radius 1 is 1.43 bits per heavy atom. The molecule has 0 fully saturated rings. The minimum Gasteiger partial charge on any atom is -0.460 e. The first-order valence-electron chi connectivity index (χ1n) is 7.10. The lowest BCUT2D eigenvalue weighted by molar-refractivity contribution is 0.0487. The van der Waals surface area contributed by atoms with Crippen molar-refractivity contribution in [1.82, 2.24) is 5.32 Å². The third kappa shape index (κ3) is 4.54. The fourth-order valence-electron chi connectivity index (χ4n) is 2.03. The van der Waals surface area contributed by atoms with Gasteiger partial charge in [0.05, 0.1) is 30.8 Å². The molecular formula is C16H17ClFNO4. The van der Waals surface area contributed by atoms with E-state index in [1.165, 1.54) is 18.2 Å². The molecule has 1 atom stereocenters. The maximum Gasteiger partial charge on any atom is 0.374 e. The molecule has 0 aliphatic rings. The standard InChI is InChI=1S/C16H17ClFNO4/c1-2-22-16(21)15-6-4-11(23-15)8-19-14(9-20)10-3-5-12(17)13(18)7-10/h3-7,14,19-20H,2,8-9H2,1H3. The molecule has 7 heteroatoms. The number of carbonyl (C=O) groups excluding carboxylic acids is 1. The topological polar surface area (TPSA) is 71.7 Å². The average Bonchev–Trinajstić information content (AvgIpc) is 3.00. The summed E-state index contributed by atoms with van der Waals surface area (Å²) in [6.07, 6.45) is 0. The number of aliphatic hydroxyl groups is 1. The number of halogens is 2. The van der Waals surface area contributed by atoms with Gasteiger partial charge in [-0.05, 0) is 36.8 Å². The van der Waals surface area contributed by atoms with Crippen molar-refractivity contribution >= 4 is 17.6 Å². The highest BCUT2D eigenvalue weighted by Gasteiger charge is 2.15. The first-order valence-corrected chi connectivity index (χ1v) is 7.48. The molecule has 2 N–H and O–H groups in total. The summed E-state index contributed by atoms with van der Waals surface area (Å²) in [6.45, 7) is 2.00. The Morgan fingerprint density at radius 2 is 2.22 bits per heavy atom. The van der Waals surface area contributed by atoms with Crippen molar-refractivity contribution in [1.29, 1.82) is 0 Å². The lowest BCUT2D eigenvalue weighted by atomic mass is 10.1. The van der Waals surface area contributed by atoms with Gasteiger partial charge in [0.15, 0.2) is 0 Å². The number of esters is 1. The van der Waals surface area contributed by atoms with Crippen LogP contribution < -0.4 is 5.32 Å². The van der Waals surface area contributed by atoms with E-state index in [0.717, 1.165) is 0 Å². The van der Waals surface area contributed by atoms with Crippen molar-refractivity contribution in [2.45, 2.75) is 19.5 Å². The molecule has 1 aromatic heterocycles. The lowest BCUT2D eigenvalue weighted by Gasteiger charge is -2.16. The highest BCUT2D eigenvalue weighted by Crippen LogP contribution is 2.21. The van der Waals surface area contributed by atoms with Crippen LogP contribution in [0.15, 0.2) is 34.7 Å². The van der Waals surface area contributed by atoms with Crippen LogP contribution in [0.4, 0.5) is 4.39 Å². The number of hydrogen-bond acceptors (Lipinski definition) is 5. The molecule has 0 bridgehead atoms. The van der Waals surface area contributed by atoms with E-state index in [1.54, 1.807) is 19.1 Å². The van der Waals surface area contributed by atoms with Crippen molar-refractivity contribution in [2.75, 3.05) is 13.2 Å². The van der Waals surface area contributed by atoms with Crippen molar-refractivity contribution in [3.8, 4) is 0 Å². The minimum atomic E-state index is -0.549. The Bertz CT molecular complexity index is 674. The van der Waals surface area contributed by atoms with Gasteiger partial charge >= 0.3 is 5.97 Å². The number of hydrogen-bond donors (Lipinski definition) is 2. The van der Waals surface area contributed by atoms with E-state index in [4.69, 9.17) is 20.8 Å². The van der Waals surface area contributed by atoms with E-state index in [0.29, 0.717) is 11.3 Å². The molecule has 2 rings (SSSR count). The molecule has 2 aromatic rings. The molecule has 0 saturated carbocycles. The summed E-state index contributed by atoms with van der Waals surface area (Å²) in [5.41, 5.74) is 0.562. The van der Waals surface area contributed by atoms with E-state index >= 15 is 0 Å². The maximum atomic E-state index is 13.5. The second-order valence-electron chi connectivity index (χ2n) is 4.78. The van der Waals surface area contributed by atoms with Gasteiger partial charge < -0.3 is 19.6 Å². The van der Waals surface area contributed by atoms with Gasteiger partial charge in [0.25, 0.3) is 0 Å². The van der Waals surface area contributed by atoms with Crippen LogP contribution in [0.5, 0.6) is 0 Å². The smallest absolute Gasteiger partial charge is 0.374 e. The van der Waals surface area contributed by atoms with Crippen LogP contribution in [0.25, 0.3) is 0 Å². The van der Waals surface area contributed by atoms with Gasteiger partial charge in [0.1, 0.15) is 11.6 Å². The van der Waals surface area contributed by atoms with E-state index < -0.39 is 17.8 Å². The second-order valence-corrected chi connectivity index (χ2v) is 5.18. The Morgan fingerprint density at radius 3 is 2.87 bits per heavy atom. The SMILES string of the molecule is CCOC(=O)c1ccc(CNC(CO)c2ccc(Cl)c(F)c2)o1.